The third kappa shape index (κ3) is 4.79. The van der Waals surface area contributed by atoms with E-state index in [1.165, 1.54) is 31.2 Å². The van der Waals surface area contributed by atoms with Gasteiger partial charge in [0.15, 0.2) is 6.73 Å². The fourth-order valence-corrected chi connectivity index (χ4v) is 2.28. The van der Waals surface area contributed by atoms with Crippen LogP contribution in [0.25, 0.3) is 0 Å². The lowest BCUT2D eigenvalue weighted by Gasteiger charge is -2.24. The average Bonchev–Trinajstić information content (AvgIpc) is 2.54. The molecule has 126 valence electrons. The summed E-state index contributed by atoms with van der Waals surface area (Å²) in [7, 11) is 0. The van der Waals surface area contributed by atoms with Crippen LogP contribution >= 0.6 is 15.9 Å². The average molecular weight is 396 g/mol. The van der Waals surface area contributed by atoms with Crippen LogP contribution in [0.2, 0.25) is 0 Å². The number of aromatic carboxylic acids is 1. The van der Waals surface area contributed by atoms with Crippen molar-refractivity contribution >= 4 is 33.4 Å². The quantitative estimate of drug-likeness (QED) is 0.723. The molecular weight excluding hydrogens is 381 g/mol. The van der Waals surface area contributed by atoms with Crippen molar-refractivity contribution in [2.75, 3.05) is 18.2 Å². The summed E-state index contributed by atoms with van der Waals surface area (Å²) in [6, 6.07) is 10.5. The third-order valence-electron chi connectivity index (χ3n) is 3.15. The van der Waals surface area contributed by atoms with E-state index < -0.39 is 11.8 Å². The molecule has 0 heterocycles. The molecule has 0 radical (unpaired) electrons. The molecule has 0 saturated heterocycles. The lowest BCUT2D eigenvalue weighted by molar-refractivity contribution is -0.115. The van der Waals surface area contributed by atoms with E-state index in [9.17, 15) is 14.0 Å². The van der Waals surface area contributed by atoms with E-state index in [1.807, 2.05) is 0 Å². The highest BCUT2D eigenvalue weighted by Gasteiger charge is 2.13. The molecule has 2 aromatic carbocycles. The van der Waals surface area contributed by atoms with Crippen LogP contribution in [0.3, 0.4) is 0 Å². The monoisotopic (exact) mass is 395 g/mol. The van der Waals surface area contributed by atoms with Gasteiger partial charge >= 0.3 is 5.97 Å². The molecule has 0 unspecified atom stereocenters. The molecule has 0 aliphatic carbocycles. The van der Waals surface area contributed by atoms with Crippen LogP contribution < -0.4 is 9.64 Å². The minimum absolute atomic E-state index is 0.0241. The van der Waals surface area contributed by atoms with Gasteiger partial charge in [-0.15, -0.1) is 0 Å². The Bertz CT molecular complexity index is 766. The summed E-state index contributed by atoms with van der Waals surface area (Å²) in [4.78, 5) is 24.1. The Morgan fingerprint density at radius 1 is 1.25 bits per heavy atom. The molecule has 0 aliphatic heterocycles. The highest BCUT2D eigenvalue weighted by molar-refractivity contribution is 9.10. The number of carboxylic acid groups (broad SMARTS) is 1. The van der Waals surface area contributed by atoms with Gasteiger partial charge in [0, 0.05) is 11.8 Å². The maximum absolute atomic E-state index is 13.5. The predicted octanol–water partition coefficient (Wildman–Crippen LogP) is 3.72. The van der Waals surface area contributed by atoms with Crippen molar-refractivity contribution in [3.8, 4) is 5.75 Å². The lowest BCUT2D eigenvalue weighted by Crippen LogP contribution is -2.32. The molecule has 24 heavy (non-hydrogen) atoms. The van der Waals surface area contributed by atoms with E-state index in [0.29, 0.717) is 15.9 Å². The molecule has 0 aromatic heterocycles. The first-order chi connectivity index (χ1) is 11.4. The second-order valence-corrected chi connectivity index (χ2v) is 5.96. The standard InChI is InChI=1S/C17H15BrFNO4/c1-11(21)9-20(13-4-2-3-12(7-13)17(22)23)10-24-14-5-6-15(18)16(19)8-14/h2-8H,9-10H2,1H3,(H,22,23). The number of ether oxygens (including phenoxy) is 1. The summed E-state index contributed by atoms with van der Waals surface area (Å²) in [5.41, 5.74) is 0.637. The molecule has 0 bridgehead atoms. The Morgan fingerprint density at radius 3 is 2.62 bits per heavy atom. The number of carbonyl (C=O) groups is 2. The molecule has 0 spiro atoms. The van der Waals surface area contributed by atoms with Crippen LogP contribution in [0.1, 0.15) is 17.3 Å². The topological polar surface area (TPSA) is 66.8 Å². The number of anilines is 1. The summed E-state index contributed by atoms with van der Waals surface area (Å²) < 4.78 is 19.4. The summed E-state index contributed by atoms with van der Waals surface area (Å²) in [5.74, 6) is -1.33. The van der Waals surface area contributed by atoms with Crippen molar-refractivity contribution in [2.45, 2.75) is 6.92 Å². The fourth-order valence-electron chi connectivity index (χ4n) is 2.03. The van der Waals surface area contributed by atoms with Gasteiger partial charge < -0.3 is 14.7 Å². The Morgan fingerprint density at radius 2 is 2.00 bits per heavy atom. The molecular formula is C17H15BrFNO4. The summed E-state index contributed by atoms with van der Waals surface area (Å²) in [6.07, 6.45) is 0. The lowest BCUT2D eigenvalue weighted by atomic mass is 10.2. The van der Waals surface area contributed by atoms with Crippen LogP contribution in [0, 0.1) is 5.82 Å². The van der Waals surface area contributed by atoms with Gasteiger partial charge in [-0.2, -0.15) is 0 Å². The van der Waals surface area contributed by atoms with Crippen LogP contribution in [-0.2, 0) is 4.79 Å². The zero-order valence-corrected chi connectivity index (χ0v) is 14.4. The molecule has 1 N–H and O–H groups in total. The van der Waals surface area contributed by atoms with E-state index in [2.05, 4.69) is 15.9 Å². The molecule has 5 nitrogen and oxygen atoms in total. The Hall–Kier alpha value is -2.41. The van der Waals surface area contributed by atoms with Crippen molar-refractivity contribution in [3.05, 3.63) is 58.3 Å². The summed E-state index contributed by atoms with van der Waals surface area (Å²) in [5, 5.41) is 9.07. The van der Waals surface area contributed by atoms with E-state index >= 15 is 0 Å². The zero-order valence-electron chi connectivity index (χ0n) is 12.8. The van der Waals surface area contributed by atoms with Crippen molar-refractivity contribution < 1.29 is 23.8 Å². The van der Waals surface area contributed by atoms with E-state index in [4.69, 9.17) is 9.84 Å². The first-order valence-electron chi connectivity index (χ1n) is 7.02. The van der Waals surface area contributed by atoms with Gasteiger partial charge in [0.1, 0.15) is 17.3 Å². The predicted molar refractivity (Wildman–Crippen MR) is 91.0 cm³/mol. The SMILES string of the molecule is CC(=O)CN(COc1ccc(Br)c(F)c1)c1cccc(C(=O)O)c1. The van der Waals surface area contributed by atoms with Crippen LogP contribution in [0.15, 0.2) is 46.9 Å². The summed E-state index contributed by atoms with van der Waals surface area (Å²) in [6.45, 7) is 1.44. The third-order valence-corrected chi connectivity index (χ3v) is 3.79. The van der Waals surface area contributed by atoms with Crippen molar-refractivity contribution in [1.82, 2.24) is 0 Å². The van der Waals surface area contributed by atoms with Crippen LogP contribution in [0.5, 0.6) is 5.75 Å². The van der Waals surface area contributed by atoms with Crippen molar-refractivity contribution in [3.63, 3.8) is 0 Å². The molecule has 0 amide bonds. The zero-order chi connectivity index (χ0) is 17.7. The Labute approximate surface area is 146 Å². The van der Waals surface area contributed by atoms with Crippen LogP contribution in [0.4, 0.5) is 10.1 Å². The number of rotatable bonds is 7. The van der Waals surface area contributed by atoms with E-state index in [-0.39, 0.29) is 24.6 Å². The van der Waals surface area contributed by atoms with Gasteiger partial charge in [-0.25, -0.2) is 9.18 Å². The van der Waals surface area contributed by atoms with Gasteiger partial charge in [-0.05, 0) is 53.2 Å². The Kier molecular flexibility index (Phi) is 5.92. The van der Waals surface area contributed by atoms with E-state index in [1.54, 1.807) is 23.1 Å². The first-order valence-corrected chi connectivity index (χ1v) is 7.81. The van der Waals surface area contributed by atoms with Gasteiger partial charge in [-0.1, -0.05) is 6.07 Å². The number of carbonyl (C=O) groups excluding carboxylic acids is 1. The highest BCUT2D eigenvalue weighted by atomic mass is 79.9. The highest BCUT2D eigenvalue weighted by Crippen LogP contribution is 2.22. The number of carboxylic acids is 1. The minimum Gasteiger partial charge on any atom is -0.478 e. The summed E-state index contributed by atoms with van der Waals surface area (Å²) >= 11 is 3.06. The van der Waals surface area contributed by atoms with E-state index in [0.717, 1.165) is 0 Å². The molecule has 0 fully saturated rings. The fraction of sp³-hybridized carbons (Fsp3) is 0.176. The molecule has 7 heteroatoms. The van der Waals surface area contributed by atoms with Crippen LogP contribution in [-0.4, -0.2) is 30.1 Å². The van der Waals surface area contributed by atoms with Crippen molar-refractivity contribution in [1.29, 1.82) is 0 Å². The van der Waals surface area contributed by atoms with Gasteiger partial charge in [0.2, 0.25) is 0 Å². The molecule has 0 atom stereocenters. The number of Topliss-reactive ketones (excluding diaryl/α,β-unsaturated/α-hetero) is 1. The molecule has 2 aromatic rings. The second kappa shape index (κ2) is 7.92. The first kappa shape index (κ1) is 17.9. The number of benzene rings is 2. The normalized spacial score (nSPS) is 10.3. The number of ketones is 1. The van der Waals surface area contributed by atoms with Gasteiger partial charge in [-0.3, -0.25) is 4.79 Å². The van der Waals surface area contributed by atoms with Gasteiger partial charge in [0.05, 0.1) is 16.6 Å². The van der Waals surface area contributed by atoms with Gasteiger partial charge in [0.25, 0.3) is 0 Å². The molecule has 0 aliphatic rings. The van der Waals surface area contributed by atoms with Crippen molar-refractivity contribution in [2.24, 2.45) is 0 Å². The maximum atomic E-state index is 13.5. The number of hydrogen-bond acceptors (Lipinski definition) is 4. The number of hydrogen-bond donors (Lipinski definition) is 1. The number of halogens is 2. The largest absolute Gasteiger partial charge is 0.478 e. The molecule has 2 rings (SSSR count). The Balaban J connectivity index is 2.19. The second-order valence-electron chi connectivity index (χ2n) is 5.10. The number of nitrogens with zero attached hydrogens (tertiary/aromatic N) is 1. The maximum Gasteiger partial charge on any atom is 0.335 e. The smallest absolute Gasteiger partial charge is 0.335 e. The minimum atomic E-state index is -1.06. The molecule has 0 saturated carbocycles.